The average molecular weight is 251 g/mol. The minimum Gasteiger partial charge on any atom is -0.493 e. The first-order valence-electron chi connectivity index (χ1n) is 6.45. The molecule has 0 amide bonds. The lowest BCUT2D eigenvalue weighted by Gasteiger charge is -2.24. The molecule has 0 saturated carbocycles. The van der Waals surface area contributed by atoms with E-state index < -0.39 is 0 Å². The highest BCUT2D eigenvalue weighted by atomic mass is 16.5. The molecule has 0 radical (unpaired) electrons. The summed E-state index contributed by atoms with van der Waals surface area (Å²) in [5, 5.41) is 0. The van der Waals surface area contributed by atoms with E-state index in [0.29, 0.717) is 6.54 Å². The predicted molar refractivity (Wildman–Crippen MR) is 70.2 cm³/mol. The Kier molecular flexibility index (Phi) is 4.84. The fourth-order valence-corrected chi connectivity index (χ4v) is 2.21. The molecule has 4 heteroatoms. The molecule has 1 fully saturated rings. The predicted octanol–water partition coefficient (Wildman–Crippen LogP) is 1.75. The number of ether oxygens (including phenoxy) is 3. The summed E-state index contributed by atoms with van der Waals surface area (Å²) in [5.41, 5.74) is 6.71. The molecule has 4 nitrogen and oxygen atoms in total. The second kappa shape index (κ2) is 6.61. The second-order valence-corrected chi connectivity index (χ2v) is 4.42. The van der Waals surface area contributed by atoms with Gasteiger partial charge >= 0.3 is 0 Å². The minimum atomic E-state index is 0.223. The maximum atomic E-state index is 6.02. The van der Waals surface area contributed by atoms with Crippen LogP contribution in [-0.2, 0) is 11.2 Å². The summed E-state index contributed by atoms with van der Waals surface area (Å²) in [6.07, 6.45) is 2.89. The van der Waals surface area contributed by atoms with Gasteiger partial charge in [0.05, 0.1) is 20.3 Å². The van der Waals surface area contributed by atoms with Crippen LogP contribution in [0.1, 0.15) is 18.4 Å². The summed E-state index contributed by atoms with van der Waals surface area (Å²) in [6, 6.07) is 5.97. The molecule has 100 valence electrons. The quantitative estimate of drug-likeness (QED) is 0.866. The van der Waals surface area contributed by atoms with Gasteiger partial charge in [-0.3, -0.25) is 0 Å². The highest BCUT2D eigenvalue weighted by molar-refractivity contribution is 5.46. The van der Waals surface area contributed by atoms with Crippen molar-refractivity contribution < 1.29 is 14.2 Å². The zero-order chi connectivity index (χ0) is 12.8. The lowest BCUT2D eigenvalue weighted by Crippen LogP contribution is -2.26. The van der Waals surface area contributed by atoms with E-state index in [4.69, 9.17) is 19.9 Å². The van der Waals surface area contributed by atoms with Gasteiger partial charge in [-0.1, -0.05) is 12.1 Å². The van der Waals surface area contributed by atoms with Gasteiger partial charge in [0.2, 0.25) is 0 Å². The molecule has 1 aliphatic rings. The molecular weight excluding hydrogens is 230 g/mol. The molecule has 18 heavy (non-hydrogen) atoms. The number of benzene rings is 1. The molecule has 0 spiro atoms. The van der Waals surface area contributed by atoms with E-state index >= 15 is 0 Å². The molecule has 0 unspecified atom stereocenters. The topological polar surface area (TPSA) is 53.7 Å². The molecule has 1 saturated heterocycles. The molecule has 0 atom stereocenters. The van der Waals surface area contributed by atoms with Crippen LogP contribution in [0.2, 0.25) is 0 Å². The van der Waals surface area contributed by atoms with E-state index in [1.54, 1.807) is 7.11 Å². The Morgan fingerprint density at radius 1 is 1.33 bits per heavy atom. The molecule has 2 rings (SSSR count). The molecule has 1 heterocycles. The summed E-state index contributed by atoms with van der Waals surface area (Å²) < 4.78 is 16.8. The zero-order valence-corrected chi connectivity index (χ0v) is 10.9. The smallest absolute Gasteiger partial charge is 0.163 e. The van der Waals surface area contributed by atoms with Gasteiger partial charge in [0.15, 0.2) is 11.5 Å². The van der Waals surface area contributed by atoms with E-state index in [-0.39, 0.29) is 6.10 Å². The number of nitrogens with two attached hydrogens (primary N) is 1. The van der Waals surface area contributed by atoms with Crippen molar-refractivity contribution in [2.24, 2.45) is 5.73 Å². The van der Waals surface area contributed by atoms with Crippen molar-refractivity contribution in [2.75, 3.05) is 26.9 Å². The molecule has 0 aromatic heterocycles. The van der Waals surface area contributed by atoms with Gasteiger partial charge in [-0.2, -0.15) is 0 Å². The first-order chi connectivity index (χ1) is 8.85. The molecule has 2 N–H and O–H groups in total. The van der Waals surface area contributed by atoms with Crippen LogP contribution in [0, 0.1) is 0 Å². The van der Waals surface area contributed by atoms with Crippen LogP contribution in [0.3, 0.4) is 0 Å². The van der Waals surface area contributed by atoms with E-state index in [0.717, 1.165) is 49.5 Å². The fraction of sp³-hybridized carbons (Fsp3) is 0.571. The van der Waals surface area contributed by atoms with Gasteiger partial charge in [-0.15, -0.1) is 0 Å². The van der Waals surface area contributed by atoms with E-state index in [2.05, 4.69) is 0 Å². The van der Waals surface area contributed by atoms with Crippen molar-refractivity contribution in [3.05, 3.63) is 23.8 Å². The standard InChI is InChI=1S/C14H21NO3/c1-16-14-11(5-8-15)3-2-4-13(14)18-12-6-9-17-10-7-12/h2-4,12H,5-10,15H2,1H3. The largest absolute Gasteiger partial charge is 0.493 e. The molecule has 1 aliphatic heterocycles. The van der Waals surface area contributed by atoms with Gasteiger partial charge in [-0.25, -0.2) is 0 Å². The number of para-hydroxylation sites is 1. The Balaban J connectivity index is 2.12. The lowest BCUT2D eigenvalue weighted by molar-refractivity contribution is 0.0245. The third kappa shape index (κ3) is 3.15. The van der Waals surface area contributed by atoms with Crippen LogP contribution < -0.4 is 15.2 Å². The Morgan fingerprint density at radius 2 is 2.11 bits per heavy atom. The SMILES string of the molecule is COc1c(CCN)cccc1OC1CCOCC1. The molecule has 0 aliphatic carbocycles. The maximum absolute atomic E-state index is 6.02. The van der Waals surface area contributed by atoms with Crippen molar-refractivity contribution in [3.63, 3.8) is 0 Å². The highest BCUT2D eigenvalue weighted by Crippen LogP contribution is 2.33. The first-order valence-corrected chi connectivity index (χ1v) is 6.45. The molecule has 1 aromatic carbocycles. The third-order valence-electron chi connectivity index (χ3n) is 3.14. The van der Waals surface area contributed by atoms with Gasteiger partial charge in [0, 0.05) is 12.8 Å². The van der Waals surface area contributed by atoms with Crippen molar-refractivity contribution in [1.82, 2.24) is 0 Å². The van der Waals surface area contributed by atoms with Gasteiger partial charge < -0.3 is 19.9 Å². The number of hydrogen-bond donors (Lipinski definition) is 1. The maximum Gasteiger partial charge on any atom is 0.163 e. The minimum absolute atomic E-state index is 0.223. The van der Waals surface area contributed by atoms with Crippen LogP contribution >= 0.6 is 0 Å². The first kappa shape index (κ1) is 13.2. The summed E-state index contributed by atoms with van der Waals surface area (Å²) in [4.78, 5) is 0. The van der Waals surface area contributed by atoms with Crippen LogP contribution in [0.4, 0.5) is 0 Å². The third-order valence-corrected chi connectivity index (χ3v) is 3.14. The van der Waals surface area contributed by atoms with Crippen molar-refractivity contribution in [2.45, 2.75) is 25.4 Å². The Bertz CT molecular complexity index is 375. The Labute approximate surface area is 108 Å². The van der Waals surface area contributed by atoms with Gasteiger partial charge in [0.25, 0.3) is 0 Å². The zero-order valence-electron chi connectivity index (χ0n) is 10.9. The van der Waals surface area contributed by atoms with Gasteiger partial charge in [-0.05, 0) is 24.6 Å². The number of methoxy groups -OCH3 is 1. The number of rotatable bonds is 5. The monoisotopic (exact) mass is 251 g/mol. The molecular formula is C14H21NO3. The van der Waals surface area contributed by atoms with Crippen LogP contribution in [0.15, 0.2) is 18.2 Å². The molecule has 1 aromatic rings. The van der Waals surface area contributed by atoms with Crippen molar-refractivity contribution in [3.8, 4) is 11.5 Å². The van der Waals surface area contributed by atoms with Crippen molar-refractivity contribution in [1.29, 1.82) is 0 Å². The van der Waals surface area contributed by atoms with Gasteiger partial charge in [0.1, 0.15) is 6.10 Å². The lowest BCUT2D eigenvalue weighted by atomic mass is 10.1. The van der Waals surface area contributed by atoms with Crippen LogP contribution in [0.25, 0.3) is 0 Å². The van der Waals surface area contributed by atoms with E-state index in [1.165, 1.54) is 0 Å². The van der Waals surface area contributed by atoms with E-state index in [9.17, 15) is 0 Å². The summed E-state index contributed by atoms with van der Waals surface area (Å²) in [5.74, 6) is 1.63. The summed E-state index contributed by atoms with van der Waals surface area (Å²) >= 11 is 0. The number of hydrogen-bond acceptors (Lipinski definition) is 4. The van der Waals surface area contributed by atoms with Crippen LogP contribution in [0.5, 0.6) is 11.5 Å². The summed E-state index contributed by atoms with van der Waals surface area (Å²) in [7, 11) is 1.67. The Morgan fingerprint density at radius 3 is 2.78 bits per heavy atom. The fourth-order valence-electron chi connectivity index (χ4n) is 2.21. The van der Waals surface area contributed by atoms with Crippen molar-refractivity contribution >= 4 is 0 Å². The normalized spacial score (nSPS) is 16.6. The highest BCUT2D eigenvalue weighted by Gasteiger charge is 2.18. The Hall–Kier alpha value is -1.26. The second-order valence-electron chi connectivity index (χ2n) is 4.42. The molecule has 0 bridgehead atoms. The average Bonchev–Trinajstić information content (AvgIpc) is 2.41. The van der Waals surface area contributed by atoms with Crippen LogP contribution in [-0.4, -0.2) is 33.0 Å². The summed E-state index contributed by atoms with van der Waals surface area (Å²) in [6.45, 7) is 2.15. The van der Waals surface area contributed by atoms with E-state index in [1.807, 2.05) is 18.2 Å².